The van der Waals surface area contributed by atoms with E-state index < -0.39 is 6.43 Å². The summed E-state index contributed by atoms with van der Waals surface area (Å²) in [5.74, 6) is -0.337. The molecule has 3 aromatic rings. The summed E-state index contributed by atoms with van der Waals surface area (Å²) in [7, 11) is 3.45. The molecule has 7 nitrogen and oxygen atoms in total. The minimum absolute atomic E-state index is 0.134. The summed E-state index contributed by atoms with van der Waals surface area (Å²) in [5.41, 5.74) is 2.18. The van der Waals surface area contributed by atoms with E-state index in [-0.39, 0.29) is 22.8 Å². The smallest absolute Gasteiger partial charge is 0.280 e. The highest BCUT2D eigenvalue weighted by Crippen LogP contribution is 2.22. The average molecular weight is 348 g/mol. The lowest BCUT2D eigenvalue weighted by Crippen LogP contribution is -2.26. The molecular weight excluding hydrogens is 330 g/mol. The predicted octanol–water partition coefficient (Wildman–Crippen LogP) is 2.29. The number of halogens is 2. The van der Waals surface area contributed by atoms with Crippen molar-refractivity contribution in [2.24, 2.45) is 7.05 Å². The summed E-state index contributed by atoms with van der Waals surface area (Å²) in [6.07, 6.45) is 0.414. The Hall–Kier alpha value is -2.84. The molecule has 9 heteroatoms. The van der Waals surface area contributed by atoms with E-state index in [9.17, 15) is 13.6 Å². The van der Waals surface area contributed by atoms with Crippen LogP contribution in [-0.2, 0) is 13.6 Å². The zero-order chi connectivity index (χ0) is 18.3. The number of hydrogen-bond acceptors (Lipinski definition) is 4. The van der Waals surface area contributed by atoms with Crippen LogP contribution < -0.4 is 0 Å². The number of amides is 1. The molecule has 0 radical (unpaired) electrons. The van der Waals surface area contributed by atoms with Crippen molar-refractivity contribution in [1.29, 1.82) is 0 Å². The fourth-order valence-electron chi connectivity index (χ4n) is 2.76. The van der Waals surface area contributed by atoms with Crippen molar-refractivity contribution in [1.82, 2.24) is 29.3 Å². The molecule has 0 N–H and O–H groups in total. The fraction of sp³-hybridized carbons (Fsp3) is 0.375. The molecule has 0 aromatic carbocycles. The van der Waals surface area contributed by atoms with Gasteiger partial charge in [0.1, 0.15) is 11.3 Å². The van der Waals surface area contributed by atoms with Crippen LogP contribution in [0.3, 0.4) is 0 Å². The standard InChI is InChI=1S/C16H18F2N6O/c1-9-5-13(14(17)18)24-15(20-9)12(6-19-24)16(25)22(3)7-11-8-23(4)21-10(11)2/h5-6,8,14H,7H2,1-4H3. The van der Waals surface area contributed by atoms with E-state index in [4.69, 9.17) is 0 Å². The van der Waals surface area contributed by atoms with Gasteiger partial charge in [0.15, 0.2) is 5.65 Å². The number of aryl methyl sites for hydroxylation is 3. The normalized spacial score (nSPS) is 11.5. The Morgan fingerprint density at radius 3 is 2.68 bits per heavy atom. The first-order chi connectivity index (χ1) is 11.8. The summed E-state index contributed by atoms with van der Waals surface area (Å²) >= 11 is 0. The largest absolute Gasteiger partial charge is 0.337 e. The molecule has 3 aromatic heterocycles. The Morgan fingerprint density at radius 1 is 1.36 bits per heavy atom. The summed E-state index contributed by atoms with van der Waals surface area (Å²) in [6, 6.07) is 1.27. The summed E-state index contributed by atoms with van der Waals surface area (Å²) in [4.78, 5) is 18.5. The van der Waals surface area contributed by atoms with Crippen LogP contribution in [0.4, 0.5) is 8.78 Å². The Bertz CT molecular complexity index is 946. The number of carbonyl (C=O) groups excluding carboxylic acids is 1. The lowest BCUT2D eigenvalue weighted by Gasteiger charge is -2.16. The molecule has 1 amide bonds. The number of hydrogen-bond donors (Lipinski definition) is 0. The predicted molar refractivity (Wildman–Crippen MR) is 86.4 cm³/mol. The van der Waals surface area contributed by atoms with E-state index in [1.54, 1.807) is 18.7 Å². The second-order valence-electron chi connectivity index (χ2n) is 5.99. The number of alkyl halides is 2. The maximum Gasteiger partial charge on any atom is 0.280 e. The maximum absolute atomic E-state index is 13.2. The van der Waals surface area contributed by atoms with Gasteiger partial charge in [0.05, 0.1) is 11.9 Å². The first-order valence-electron chi connectivity index (χ1n) is 7.66. The van der Waals surface area contributed by atoms with Gasteiger partial charge in [-0.3, -0.25) is 9.48 Å². The molecule has 0 unspecified atom stereocenters. The molecule has 0 atom stereocenters. The van der Waals surface area contributed by atoms with Gasteiger partial charge in [-0.25, -0.2) is 18.3 Å². The van der Waals surface area contributed by atoms with Gasteiger partial charge in [-0.05, 0) is 19.9 Å². The molecule has 0 spiro atoms. The van der Waals surface area contributed by atoms with Crippen LogP contribution in [-0.4, -0.2) is 42.2 Å². The highest BCUT2D eigenvalue weighted by Gasteiger charge is 2.23. The molecule has 132 valence electrons. The summed E-state index contributed by atoms with van der Waals surface area (Å²) in [5, 5.41) is 8.17. The van der Waals surface area contributed by atoms with Crippen LogP contribution in [0.5, 0.6) is 0 Å². The number of carbonyl (C=O) groups is 1. The SMILES string of the molecule is Cc1cc(C(F)F)n2ncc(C(=O)N(C)Cc3cn(C)nc3C)c2n1. The second kappa shape index (κ2) is 6.23. The number of rotatable bonds is 4. The van der Waals surface area contributed by atoms with Crippen molar-refractivity contribution in [2.75, 3.05) is 7.05 Å². The van der Waals surface area contributed by atoms with Crippen LogP contribution in [0.1, 0.15) is 39.4 Å². The highest BCUT2D eigenvalue weighted by molar-refractivity contribution is 5.99. The maximum atomic E-state index is 13.2. The van der Waals surface area contributed by atoms with Gasteiger partial charge in [-0.15, -0.1) is 0 Å². The van der Waals surface area contributed by atoms with Crippen molar-refractivity contribution >= 4 is 11.6 Å². The van der Waals surface area contributed by atoms with Crippen LogP contribution in [0, 0.1) is 13.8 Å². The highest BCUT2D eigenvalue weighted by atomic mass is 19.3. The molecule has 3 rings (SSSR count). The van der Waals surface area contributed by atoms with Crippen LogP contribution in [0.2, 0.25) is 0 Å². The van der Waals surface area contributed by atoms with Crippen LogP contribution in [0.15, 0.2) is 18.5 Å². The van der Waals surface area contributed by atoms with Gasteiger partial charge >= 0.3 is 0 Å². The van der Waals surface area contributed by atoms with E-state index in [0.717, 1.165) is 15.8 Å². The zero-order valence-corrected chi connectivity index (χ0v) is 14.4. The number of nitrogens with zero attached hydrogens (tertiary/aromatic N) is 6. The van der Waals surface area contributed by atoms with E-state index in [1.807, 2.05) is 20.2 Å². The van der Waals surface area contributed by atoms with Crippen molar-refractivity contribution in [3.8, 4) is 0 Å². The minimum atomic E-state index is -2.71. The van der Waals surface area contributed by atoms with Crippen molar-refractivity contribution in [3.05, 3.63) is 46.7 Å². The van der Waals surface area contributed by atoms with Crippen LogP contribution in [0.25, 0.3) is 5.65 Å². The lowest BCUT2D eigenvalue weighted by molar-refractivity contribution is 0.0786. The molecule has 0 saturated heterocycles. The Labute approximate surface area is 142 Å². The molecule has 0 saturated carbocycles. The first kappa shape index (κ1) is 17.0. The monoisotopic (exact) mass is 348 g/mol. The van der Waals surface area contributed by atoms with Gasteiger partial charge in [0.2, 0.25) is 0 Å². The molecule has 0 bridgehead atoms. The van der Waals surface area contributed by atoms with Gasteiger partial charge in [-0.2, -0.15) is 10.2 Å². The third kappa shape index (κ3) is 3.09. The molecule has 0 aliphatic rings. The third-order valence-corrected chi connectivity index (χ3v) is 3.95. The fourth-order valence-corrected chi connectivity index (χ4v) is 2.76. The Kier molecular flexibility index (Phi) is 4.23. The topological polar surface area (TPSA) is 68.3 Å². The van der Waals surface area contributed by atoms with Crippen molar-refractivity contribution < 1.29 is 13.6 Å². The number of aromatic nitrogens is 5. The molecule has 0 aliphatic heterocycles. The average Bonchev–Trinajstić information content (AvgIpc) is 3.08. The van der Waals surface area contributed by atoms with Gasteiger partial charge in [-0.1, -0.05) is 0 Å². The van der Waals surface area contributed by atoms with Crippen LogP contribution >= 0.6 is 0 Å². The summed E-state index contributed by atoms with van der Waals surface area (Å²) < 4.78 is 29.1. The van der Waals surface area contributed by atoms with Gasteiger partial charge in [0, 0.05) is 38.1 Å². The quantitative estimate of drug-likeness (QED) is 0.725. The van der Waals surface area contributed by atoms with Gasteiger partial charge in [0.25, 0.3) is 12.3 Å². The molecule has 0 fully saturated rings. The van der Waals surface area contributed by atoms with E-state index in [2.05, 4.69) is 15.2 Å². The molecule has 3 heterocycles. The molecular formula is C16H18F2N6O. The Balaban J connectivity index is 1.95. The van der Waals surface area contributed by atoms with E-state index >= 15 is 0 Å². The molecule has 0 aliphatic carbocycles. The van der Waals surface area contributed by atoms with Crippen molar-refractivity contribution in [2.45, 2.75) is 26.8 Å². The zero-order valence-electron chi connectivity index (χ0n) is 14.4. The summed E-state index contributed by atoms with van der Waals surface area (Å²) in [6.45, 7) is 3.82. The van der Waals surface area contributed by atoms with E-state index in [1.165, 1.54) is 17.2 Å². The minimum Gasteiger partial charge on any atom is -0.337 e. The molecule has 25 heavy (non-hydrogen) atoms. The third-order valence-electron chi connectivity index (χ3n) is 3.95. The van der Waals surface area contributed by atoms with E-state index in [0.29, 0.717) is 12.2 Å². The Morgan fingerprint density at radius 2 is 2.08 bits per heavy atom. The number of fused-ring (bicyclic) bond motifs is 1. The van der Waals surface area contributed by atoms with Crippen molar-refractivity contribution in [3.63, 3.8) is 0 Å². The lowest BCUT2D eigenvalue weighted by atomic mass is 10.2. The van der Waals surface area contributed by atoms with Gasteiger partial charge < -0.3 is 4.90 Å². The first-order valence-corrected chi connectivity index (χ1v) is 7.66. The second-order valence-corrected chi connectivity index (χ2v) is 5.99.